The molecule has 0 spiro atoms. The first-order chi connectivity index (χ1) is 12.7. The number of ether oxygens (including phenoxy) is 1. The largest absolute Gasteiger partial charge is 0.497 e. The van der Waals surface area contributed by atoms with Gasteiger partial charge in [0.2, 0.25) is 5.91 Å². The molecule has 0 aliphatic carbocycles. The summed E-state index contributed by atoms with van der Waals surface area (Å²) in [6.45, 7) is 5.84. The van der Waals surface area contributed by atoms with Crippen LogP contribution in [0, 0.1) is 0 Å². The van der Waals surface area contributed by atoms with Gasteiger partial charge in [0.15, 0.2) is 0 Å². The fraction of sp³-hybridized carbons (Fsp3) is 0.409. The van der Waals surface area contributed by atoms with Crippen LogP contribution >= 0.6 is 0 Å². The molecule has 0 saturated carbocycles. The Morgan fingerprint density at radius 1 is 1.04 bits per heavy atom. The molecule has 1 saturated heterocycles. The van der Waals surface area contributed by atoms with Crippen molar-refractivity contribution in [3.05, 3.63) is 65.7 Å². The highest BCUT2D eigenvalue weighted by molar-refractivity contribution is 5.79. The molecule has 1 unspecified atom stereocenters. The molecule has 1 atom stereocenters. The quantitative estimate of drug-likeness (QED) is 0.801. The Morgan fingerprint density at radius 2 is 1.77 bits per heavy atom. The normalized spacial score (nSPS) is 17.9. The summed E-state index contributed by atoms with van der Waals surface area (Å²) in [5.74, 6) is 1.03. The van der Waals surface area contributed by atoms with Crippen molar-refractivity contribution in [3.8, 4) is 5.75 Å². The SMILES string of the molecule is COc1ccc(CC(=O)N2CCN(CCc3ccccc3)C(C)C2)cc1. The van der Waals surface area contributed by atoms with Crippen LogP contribution in [-0.2, 0) is 17.6 Å². The summed E-state index contributed by atoms with van der Waals surface area (Å²) in [7, 11) is 1.65. The lowest BCUT2D eigenvalue weighted by Crippen LogP contribution is -2.54. The maximum Gasteiger partial charge on any atom is 0.227 e. The zero-order valence-electron chi connectivity index (χ0n) is 15.7. The molecule has 0 aromatic heterocycles. The molecule has 2 aromatic rings. The predicted octanol–water partition coefficient (Wildman–Crippen LogP) is 3.01. The van der Waals surface area contributed by atoms with Gasteiger partial charge in [-0.3, -0.25) is 9.69 Å². The zero-order valence-corrected chi connectivity index (χ0v) is 15.7. The Hall–Kier alpha value is -2.33. The molecule has 2 aromatic carbocycles. The smallest absolute Gasteiger partial charge is 0.227 e. The molecule has 4 nitrogen and oxygen atoms in total. The Morgan fingerprint density at radius 3 is 2.42 bits per heavy atom. The molecule has 1 fully saturated rings. The number of carbonyl (C=O) groups is 1. The van der Waals surface area contributed by atoms with E-state index in [4.69, 9.17) is 4.74 Å². The van der Waals surface area contributed by atoms with Crippen LogP contribution in [0.5, 0.6) is 5.75 Å². The lowest BCUT2D eigenvalue weighted by Gasteiger charge is -2.40. The molecule has 1 aliphatic rings. The monoisotopic (exact) mass is 352 g/mol. The number of benzene rings is 2. The van der Waals surface area contributed by atoms with Crippen molar-refractivity contribution in [1.29, 1.82) is 0 Å². The molecule has 1 amide bonds. The fourth-order valence-corrected chi connectivity index (χ4v) is 3.50. The summed E-state index contributed by atoms with van der Waals surface area (Å²) in [4.78, 5) is 17.1. The van der Waals surface area contributed by atoms with Gasteiger partial charge in [-0.2, -0.15) is 0 Å². The number of hydrogen-bond donors (Lipinski definition) is 0. The summed E-state index contributed by atoms with van der Waals surface area (Å²) in [5, 5.41) is 0. The van der Waals surface area contributed by atoms with Gasteiger partial charge in [-0.25, -0.2) is 0 Å². The Bertz CT molecular complexity index is 700. The van der Waals surface area contributed by atoms with Gasteiger partial charge in [0.05, 0.1) is 13.5 Å². The summed E-state index contributed by atoms with van der Waals surface area (Å²) in [5.41, 5.74) is 2.41. The lowest BCUT2D eigenvalue weighted by molar-refractivity contribution is -0.133. The van der Waals surface area contributed by atoms with E-state index in [1.807, 2.05) is 29.2 Å². The average Bonchev–Trinajstić information content (AvgIpc) is 2.68. The highest BCUT2D eigenvalue weighted by Crippen LogP contribution is 2.15. The molecule has 26 heavy (non-hydrogen) atoms. The van der Waals surface area contributed by atoms with Crippen LogP contribution < -0.4 is 4.74 Å². The van der Waals surface area contributed by atoms with Gasteiger partial charge < -0.3 is 9.64 Å². The van der Waals surface area contributed by atoms with E-state index in [2.05, 4.69) is 42.2 Å². The summed E-state index contributed by atoms with van der Waals surface area (Å²) in [6, 6.07) is 18.7. The first-order valence-corrected chi connectivity index (χ1v) is 9.34. The van der Waals surface area contributed by atoms with Crippen molar-refractivity contribution < 1.29 is 9.53 Å². The number of nitrogens with zero attached hydrogens (tertiary/aromatic N) is 2. The van der Waals surface area contributed by atoms with E-state index in [1.165, 1.54) is 5.56 Å². The molecular weight excluding hydrogens is 324 g/mol. The fourth-order valence-electron chi connectivity index (χ4n) is 3.50. The van der Waals surface area contributed by atoms with Crippen LogP contribution in [0.15, 0.2) is 54.6 Å². The molecule has 0 bridgehead atoms. The molecule has 138 valence electrons. The van der Waals surface area contributed by atoms with E-state index < -0.39 is 0 Å². The number of amides is 1. The maximum absolute atomic E-state index is 12.6. The molecule has 1 aliphatic heterocycles. The highest BCUT2D eigenvalue weighted by atomic mass is 16.5. The van der Waals surface area contributed by atoms with E-state index >= 15 is 0 Å². The molecule has 4 heteroatoms. The van der Waals surface area contributed by atoms with Crippen molar-refractivity contribution in [2.45, 2.75) is 25.8 Å². The first-order valence-electron chi connectivity index (χ1n) is 9.34. The number of carbonyl (C=O) groups excluding carboxylic acids is 1. The van der Waals surface area contributed by atoms with Gasteiger partial charge in [0.25, 0.3) is 0 Å². The summed E-state index contributed by atoms with van der Waals surface area (Å²) >= 11 is 0. The molecular formula is C22H28N2O2. The Kier molecular flexibility index (Phi) is 6.29. The van der Waals surface area contributed by atoms with E-state index in [0.29, 0.717) is 12.5 Å². The van der Waals surface area contributed by atoms with Crippen molar-refractivity contribution in [3.63, 3.8) is 0 Å². The molecule has 0 radical (unpaired) electrons. The van der Waals surface area contributed by atoms with Gasteiger partial charge in [-0.05, 0) is 36.6 Å². The number of hydrogen-bond acceptors (Lipinski definition) is 3. The third kappa shape index (κ3) is 4.85. The Balaban J connectivity index is 1.48. The Labute approximate surface area is 156 Å². The molecule has 0 N–H and O–H groups in total. The standard InChI is InChI=1S/C22H28N2O2/c1-18-17-24(22(25)16-20-8-10-21(26-2)11-9-20)15-14-23(18)13-12-19-6-4-3-5-7-19/h3-11,18H,12-17H2,1-2H3. The van der Waals surface area contributed by atoms with Gasteiger partial charge in [0.1, 0.15) is 5.75 Å². The van der Waals surface area contributed by atoms with Gasteiger partial charge >= 0.3 is 0 Å². The van der Waals surface area contributed by atoms with Crippen LogP contribution in [0.4, 0.5) is 0 Å². The summed E-state index contributed by atoms with van der Waals surface area (Å²) < 4.78 is 5.17. The second-order valence-corrected chi connectivity index (χ2v) is 6.99. The van der Waals surface area contributed by atoms with Crippen LogP contribution in [0.2, 0.25) is 0 Å². The first kappa shape index (κ1) is 18.5. The maximum atomic E-state index is 12.6. The second-order valence-electron chi connectivity index (χ2n) is 6.99. The van der Waals surface area contributed by atoms with Crippen LogP contribution in [0.25, 0.3) is 0 Å². The minimum absolute atomic E-state index is 0.213. The predicted molar refractivity (Wildman–Crippen MR) is 104 cm³/mol. The lowest BCUT2D eigenvalue weighted by atomic mass is 10.1. The van der Waals surface area contributed by atoms with Crippen LogP contribution in [-0.4, -0.2) is 55.0 Å². The van der Waals surface area contributed by atoms with E-state index in [0.717, 1.165) is 43.9 Å². The van der Waals surface area contributed by atoms with E-state index in [-0.39, 0.29) is 5.91 Å². The van der Waals surface area contributed by atoms with Crippen LogP contribution in [0.3, 0.4) is 0 Å². The highest BCUT2D eigenvalue weighted by Gasteiger charge is 2.26. The average molecular weight is 352 g/mol. The van der Waals surface area contributed by atoms with E-state index in [1.54, 1.807) is 7.11 Å². The van der Waals surface area contributed by atoms with Gasteiger partial charge in [-0.15, -0.1) is 0 Å². The number of methoxy groups -OCH3 is 1. The van der Waals surface area contributed by atoms with Gasteiger partial charge in [-0.1, -0.05) is 42.5 Å². The van der Waals surface area contributed by atoms with Crippen molar-refractivity contribution in [2.75, 3.05) is 33.3 Å². The minimum atomic E-state index is 0.213. The second kappa shape index (κ2) is 8.86. The third-order valence-corrected chi connectivity index (χ3v) is 5.16. The molecule has 1 heterocycles. The number of piperazine rings is 1. The van der Waals surface area contributed by atoms with Crippen molar-refractivity contribution in [2.24, 2.45) is 0 Å². The minimum Gasteiger partial charge on any atom is -0.497 e. The third-order valence-electron chi connectivity index (χ3n) is 5.16. The topological polar surface area (TPSA) is 32.8 Å². The van der Waals surface area contributed by atoms with Crippen molar-refractivity contribution in [1.82, 2.24) is 9.80 Å². The van der Waals surface area contributed by atoms with Crippen LogP contribution in [0.1, 0.15) is 18.1 Å². The van der Waals surface area contributed by atoms with Crippen molar-refractivity contribution >= 4 is 5.91 Å². The number of rotatable bonds is 6. The van der Waals surface area contributed by atoms with Gasteiger partial charge in [0, 0.05) is 32.2 Å². The van der Waals surface area contributed by atoms with E-state index in [9.17, 15) is 4.79 Å². The summed E-state index contributed by atoms with van der Waals surface area (Å²) in [6.07, 6.45) is 1.52. The zero-order chi connectivity index (χ0) is 18.4. The molecule has 3 rings (SSSR count).